The molecule has 0 aromatic carbocycles. The number of carbonyl (C=O) groups is 2. The van der Waals surface area contributed by atoms with Gasteiger partial charge in [0.25, 0.3) is 0 Å². The van der Waals surface area contributed by atoms with Crippen LogP contribution in [0.5, 0.6) is 0 Å². The van der Waals surface area contributed by atoms with E-state index in [1.165, 1.54) is 0 Å². The first-order chi connectivity index (χ1) is 11.4. The van der Waals surface area contributed by atoms with E-state index in [0.29, 0.717) is 12.5 Å². The third-order valence-corrected chi connectivity index (χ3v) is 5.93. The molecule has 1 aliphatic carbocycles. The van der Waals surface area contributed by atoms with Crippen molar-refractivity contribution in [2.45, 2.75) is 70.0 Å². The highest BCUT2D eigenvalue weighted by Crippen LogP contribution is 2.39. The van der Waals surface area contributed by atoms with Crippen LogP contribution >= 0.6 is 0 Å². The van der Waals surface area contributed by atoms with Gasteiger partial charge in [-0.1, -0.05) is 0 Å². The molecule has 3 rings (SSSR count). The van der Waals surface area contributed by atoms with Gasteiger partial charge in [-0.2, -0.15) is 5.26 Å². The van der Waals surface area contributed by atoms with Gasteiger partial charge in [-0.05, 0) is 57.9 Å². The highest BCUT2D eigenvalue weighted by atomic mass is 16.2. The van der Waals surface area contributed by atoms with Crippen LogP contribution in [0.2, 0.25) is 0 Å². The van der Waals surface area contributed by atoms with E-state index in [-0.39, 0.29) is 23.9 Å². The molecule has 2 amide bonds. The number of hydrogen-bond donors (Lipinski definition) is 1. The van der Waals surface area contributed by atoms with E-state index in [4.69, 9.17) is 0 Å². The van der Waals surface area contributed by atoms with Gasteiger partial charge in [0.05, 0.1) is 12.6 Å². The molecule has 3 atom stereocenters. The lowest BCUT2D eigenvalue weighted by Gasteiger charge is -2.34. The minimum absolute atomic E-state index is 0.0646. The third-order valence-electron chi connectivity index (χ3n) is 5.93. The van der Waals surface area contributed by atoms with E-state index in [2.05, 4.69) is 16.3 Å². The average molecular weight is 332 g/mol. The summed E-state index contributed by atoms with van der Waals surface area (Å²) in [6.07, 6.45) is 6.23. The van der Waals surface area contributed by atoms with Crippen LogP contribution in [0.4, 0.5) is 0 Å². The Balaban J connectivity index is 1.60. The summed E-state index contributed by atoms with van der Waals surface area (Å²) in [6, 6.07) is 2.80. The molecule has 2 saturated heterocycles. The molecule has 1 N–H and O–H groups in total. The van der Waals surface area contributed by atoms with Crippen molar-refractivity contribution >= 4 is 11.8 Å². The van der Waals surface area contributed by atoms with Crippen LogP contribution in [0.3, 0.4) is 0 Å². The summed E-state index contributed by atoms with van der Waals surface area (Å²) in [5.41, 5.74) is -0.731. The molecular weight excluding hydrogens is 304 g/mol. The fourth-order valence-electron chi connectivity index (χ4n) is 4.46. The molecule has 0 spiro atoms. The minimum Gasteiger partial charge on any atom is -0.338 e. The van der Waals surface area contributed by atoms with Crippen LogP contribution in [-0.2, 0) is 9.59 Å². The second-order valence-corrected chi connectivity index (χ2v) is 7.74. The zero-order chi connectivity index (χ0) is 17.3. The maximum atomic E-state index is 12.5. The fraction of sp³-hybridized carbons (Fsp3) is 0.833. The molecule has 0 aromatic heterocycles. The van der Waals surface area contributed by atoms with Gasteiger partial charge in [0.15, 0.2) is 0 Å². The Morgan fingerprint density at radius 3 is 2.46 bits per heavy atom. The van der Waals surface area contributed by atoms with Crippen molar-refractivity contribution < 1.29 is 9.59 Å². The number of nitrogens with zero attached hydrogens (tertiary/aromatic N) is 3. The molecule has 6 nitrogen and oxygen atoms in total. The number of rotatable bonds is 5. The lowest BCUT2D eigenvalue weighted by atomic mass is 9.98. The zero-order valence-corrected chi connectivity index (χ0v) is 14.8. The van der Waals surface area contributed by atoms with Crippen LogP contribution in [0.25, 0.3) is 0 Å². The van der Waals surface area contributed by atoms with Crippen molar-refractivity contribution in [2.24, 2.45) is 5.92 Å². The Kier molecular flexibility index (Phi) is 4.82. The summed E-state index contributed by atoms with van der Waals surface area (Å²) in [5, 5.41) is 12.4. The first-order valence-corrected chi connectivity index (χ1v) is 9.18. The van der Waals surface area contributed by atoms with E-state index in [0.717, 1.165) is 51.6 Å². The lowest BCUT2D eigenvalue weighted by molar-refractivity contribution is -0.130. The van der Waals surface area contributed by atoms with E-state index < -0.39 is 5.54 Å². The van der Waals surface area contributed by atoms with Crippen LogP contribution < -0.4 is 5.32 Å². The molecule has 24 heavy (non-hydrogen) atoms. The molecule has 2 aliphatic heterocycles. The quantitative estimate of drug-likeness (QED) is 0.822. The average Bonchev–Trinajstić information content (AvgIpc) is 3.12. The zero-order valence-electron chi connectivity index (χ0n) is 14.8. The minimum atomic E-state index is -0.731. The Hall–Kier alpha value is -1.61. The number of likely N-dealkylation sites (tertiary alicyclic amines) is 2. The molecule has 0 aromatic rings. The molecule has 0 unspecified atom stereocenters. The van der Waals surface area contributed by atoms with E-state index in [1.807, 2.05) is 11.8 Å². The molecule has 132 valence electrons. The standard InChI is InChI=1S/C18H28N4O2/c1-13(23)22-10-4-6-16(22)15-5-3-9-21(15)11-17(24)20-18(2,12-19)14-7-8-14/h14-16H,3-11H2,1-2H3,(H,20,24)/t15-,16+,18-/m0/s1. The smallest absolute Gasteiger partial charge is 0.235 e. The Morgan fingerprint density at radius 2 is 1.83 bits per heavy atom. The first kappa shape index (κ1) is 17.2. The van der Waals surface area contributed by atoms with Gasteiger partial charge in [-0.15, -0.1) is 0 Å². The van der Waals surface area contributed by atoms with Gasteiger partial charge in [-0.3, -0.25) is 14.5 Å². The molecule has 0 radical (unpaired) electrons. The van der Waals surface area contributed by atoms with E-state index in [1.54, 1.807) is 6.92 Å². The van der Waals surface area contributed by atoms with E-state index in [9.17, 15) is 14.9 Å². The van der Waals surface area contributed by atoms with Gasteiger partial charge in [-0.25, -0.2) is 0 Å². The first-order valence-electron chi connectivity index (χ1n) is 9.18. The maximum absolute atomic E-state index is 12.5. The van der Waals surface area contributed by atoms with E-state index >= 15 is 0 Å². The third kappa shape index (κ3) is 3.41. The molecule has 3 aliphatic rings. The summed E-state index contributed by atoms with van der Waals surface area (Å²) in [7, 11) is 0. The van der Waals surface area contributed by atoms with Gasteiger partial charge in [0, 0.05) is 25.6 Å². The van der Waals surface area contributed by atoms with Crippen molar-refractivity contribution in [3.63, 3.8) is 0 Å². The van der Waals surface area contributed by atoms with Crippen LogP contribution in [0.1, 0.15) is 52.4 Å². The highest BCUT2D eigenvalue weighted by Gasteiger charge is 2.44. The molecule has 2 heterocycles. The number of carbonyl (C=O) groups excluding carboxylic acids is 2. The SMILES string of the molecule is CC(=O)N1CCC[C@@H]1[C@@H]1CCCN1CC(=O)N[C@@](C)(C#N)C1CC1. The second-order valence-electron chi connectivity index (χ2n) is 7.74. The molecule has 3 fully saturated rings. The normalized spacial score (nSPS) is 30.0. The second kappa shape index (κ2) is 6.72. The summed E-state index contributed by atoms with van der Waals surface area (Å²) >= 11 is 0. The summed E-state index contributed by atoms with van der Waals surface area (Å²) in [5.74, 6) is 0.369. The van der Waals surface area contributed by atoms with Crippen molar-refractivity contribution in [1.82, 2.24) is 15.1 Å². The van der Waals surface area contributed by atoms with Crippen LogP contribution in [-0.4, -0.2) is 58.9 Å². The highest BCUT2D eigenvalue weighted by molar-refractivity contribution is 5.79. The lowest BCUT2D eigenvalue weighted by Crippen LogP contribution is -2.53. The summed E-state index contributed by atoms with van der Waals surface area (Å²) in [4.78, 5) is 28.5. The van der Waals surface area contributed by atoms with Gasteiger partial charge >= 0.3 is 0 Å². The number of amides is 2. The fourth-order valence-corrected chi connectivity index (χ4v) is 4.46. The van der Waals surface area contributed by atoms with Crippen LogP contribution in [0.15, 0.2) is 0 Å². The van der Waals surface area contributed by atoms with Crippen molar-refractivity contribution in [3.05, 3.63) is 0 Å². The van der Waals surface area contributed by atoms with Crippen molar-refractivity contribution in [1.29, 1.82) is 5.26 Å². The van der Waals surface area contributed by atoms with Gasteiger partial charge < -0.3 is 10.2 Å². The predicted octanol–water partition coefficient (Wildman–Crippen LogP) is 1.27. The number of hydrogen-bond acceptors (Lipinski definition) is 4. The monoisotopic (exact) mass is 332 g/mol. The Labute approximate surface area is 144 Å². The van der Waals surface area contributed by atoms with Crippen LogP contribution in [0, 0.1) is 17.2 Å². The van der Waals surface area contributed by atoms with Crippen molar-refractivity contribution in [3.8, 4) is 6.07 Å². The molecular formula is C18H28N4O2. The van der Waals surface area contributed by atoms with Crippen molar-refractivity contribution in [2.75, 3.05) is 19.6 Å². The Morgan fingerprint density at radius 1 is 1.17 bits per heavy atom. The summed E-state index contributed by atoms with van der Waals surface area (Å²) in [6.45, 7) is 5.53. The topological polar surface area (TPSA) is 76.4 Å². The number of nitrogens with one attached hydrogen (secondary N) is 1. The maximum Gasteiger partial charge on any atom is 0.235 e. The predicted molar refractivity (Wildman–Crippen MR) is 89.9 cm³/mol. The molecule has 0 bridgehead atoms. The molecule has 1 saturated carbocycles. The summed E-state index contributed by atoms with van der Waals surface area (Å²) < 4.78 is 0. The van der Waals surface area contributed by atoms with Gasteiger partial charge in [0.2, 0.25) is 11.8 Å². The largest absolute Gasteiger partial charge is 0.338 e. The number of nitriles is 1. The van der Waals surface area contributed by atoms with Gasteiger partial charge in [0.1, 0.15) is 5.54 Å². The Bertz CT molecular complexity index is 554. The molecule has 6 heteroatoms.